The van der Waals surface area contributed by atoms with Crippen molar-refractivity contribution in [2.45, 2.75) is 25.0 Å². The van der Waals surface area contributed by atoms with E-state index in [2.05, 4.69) is 24.9 Å². The second-order valence-electron chi connectivity index (χ2n) is 5.71. The predicted molar refractivity (Wildman–Crippen MR) is 99.1 cm³/mol. The van der Waals surface area contributed by atoms with Crippen LogP contribution in [-0.4, -0.2) is 10.7 Å². The van der Waals surface area contributed by atoms with E-state index in [1.54, 1.807) is 30.2 Å². The number of aromatic nitrogens is 1. The molecule has 2 aromatic rings. The summed E-state index contributed by atoms with van der Waals surface area (Å²) in [5, 5.41) is 10.9. The summed E-state index contributed by atoms with van der Waals surface area (Å²) in [5.41, 5.74) is 1.85. The van der Waals surface area contributed by atoms with Crippen LogP contribution in [0.5, 0.6) is 0 Å². The molecule has 0 amide bonds. The number of benzene rings is 1. The first kappa shape index (κ1) is 18.1. The third kappa shape index (κ3) is 4.88. The normalized spacial score (nSPS) is 13.6. The van der Waals surface area contributed by atoms with Gasteiger partial charge < -0.3 is 0 Å². The summed E-state index contributed by atoms with van der Waals surface area (Å²) in [7, 11) is 0. The van der Waals surface area contributed by atoms with Crippen LogP contribution in [0.15, 0.2) is 42.7 Å². The Morgan fingerprint density at radius 3 is 2.61 bits per heavy atom. The summed E-state index contributed by atoms with van der Waals surface area (Å²) in [6.07, 6.45) is 3.46. The molecular formula is C18H18Cl2N2S. The molecule has 120 valence electrons. The summed E-state index contributed by atoms with van der Waals surface area (Å²) in [6.45, 7) is 4.33. The Morgan fingerprint density at radius 1 is 1.26 bits per heavy atom. The fraction of sp³-hybridized carbons (Fsp3) is 0.333. The highest BCUT2D eigenvalue weighted by atomic mass is 35.5. The molecule has 0 aliphatic carbocycles. The molecule has 0 aliphatic rings. The van der Waals surface area contributed by atoms with Crippen molar-refractivity contribution in [3.05, 3.63) is 63.9 Å². The number of hydrogen-bond acceptors (Lipinski definition) is 3. The maximum atomic E-state index is 9.76. The fourth-order valence-corrected chi connectivity index (χ4v) is 4.25. The zero-order valence-electron chi connectivity index (χ0n) is 13.0. The minimum Gasteiger partial charge on any atom is -0.264 e. The summed E-state index contributed by atoms with van der Waals surface area (Å²) in [6, 6.07) is 11.7. The number of thioether (sulfide) groups is 1. The quantitative estimate of drug-likeness (QED) is 0.618. The van der Waals surface area contributed by atoms with Gasteiger partial charge in [-0.05, 0) is 41.0 Å². The molecule has 1 aromatic carbocycles. The van der Waals surface area contributed by atoms with Crippen LogP contribution in [0, 0.1) is 17.2 Å². The first-order valence-electron chi connectivity index (χ1n) is 7.39. The minimum absolute atomic E-state index is 0.0589. The molecule has 5 heteroatoms. The zero-order chi connectivity index (χ0) is 16.8. The Kier molecular flexibility index (Phi) is 6.77. The predicted octanol–water partition coefficient (Wildman–Crippen LogP) is 6.13. The summed E-state index contributed by atoms with van der Waals surface area (Å²) < 4.78 is 0. The van der Waals surface area contributed by atoms with Crippen molar-refractivity contribution >= 4 is 35.0 Å². The van der Waals surface area contributed by atoms with Gasteiger partial charge in [-0.2, -0.15) is 17.0 Å². The van der Waals surface area contributed by atoms with Crippen molar-refractivity contribution in [1.82, 2.24) is 4.98 Å². The molecule has 2 nitrogen and oxygen atoms in total. The molecule has 2 atom stereocenters. The molecule has 0 aliphatic heterocycles. The molecule has 0 radical (unpaired) electrons. The van der Waals surface area contributed by atoms with Crippen LogP contribution in [-0.2, 0) is 0 Å². The van der Waals surface area contributed by atoms with Crippen molar-refractivity contribution in [2.24, 2.45) is 5.92 Å². The number of halogens is 2. The summed E-state index contributed by atoms with van der Waals surface area (Å²) in [4.78, 5) is 4.15. The lowest BCUT2D eigenvalue weighted by Crippen LogP contribution is -2.10. The minimum atomic E-state index is -0.314. The number of nitrogens with zero attached hydrogens (tertiary/aromatic N) is 2. The highest BCUT2D eigenvalue weighted by Crippen LogP contribution is 2.44. The Balaban J connectivity index is 2.42. The van der Waals surface area contributed by atoms with E-state index < -0.39 is 0 Å². The van der Waals surface area contributed by atoms with Crippen LogP contribution in [0.1, 0.15) is 36.1 Å². The first-order chi connectivity index (χ1) is 11.0. The van der Waals surface area contributed by atoms with E-state index in [9.17, 15) is 5.26 Å². The first-order valence-corrected chi connectivity index (χ1v) is 9.19. The second kappa shape index (κ2) is 8.59. The van der Waals surface area contributed by atoms with E-state index in [1.165, 1.54) is 0 Å². The number of pyridine rings is 1. The average Bonchev–Trinajstić information content (AvgIpc) is 2.53. The smallest absolute Gasteiger partial charge is 0.0887 e. The second-order valence-corrected chi connectivity index (χ2v) is 7.72. The molecule has 2 rings (SSSR count). The molecule has 0 N–H and O–H groups in total. The van der Waals surface area contributed by atoms with E-state index in [-0.39, 0.29) is 11.2 Å². The fourth-order valence-electron chi connectivity index (χ4n) is 2.27. The van der Waals surface area contributed by atoms with Gasteiger partial charge in [-0.15, -0.1) is 0 Å². The van der Waals surface area contributed by atoms with Gasteiger partial charge in [0.25, 0.3) is 0 Å². The number of nitriles is 1. The SMILES string of the molecule is CC(C)CSC(c1ccc(Cl)cc1Cl)C(C#N)c1cccnc1. The van der Waals surface area contributed by atoms with Crippen LogP contribution in [0.2, 0.25) is 10.0 Å². The number of rotatable bonds is 6. The monoisotopic (exact) mass is 364 g/mol. The van der Waals surface area contributed by atoms with Crippen molar-refractivity contribution in [3.8, 4) is 6.07 Å². The van der Waals surface area contributed by atoms with Gasteiger partial charge in [0.2, 0.25) is 0 Å². The highest BCUT2D eigenvalue weighted by molar-refractivity contribution is 7.99. The van der Waals surface area contributed by atoms with Crippen molar-refractivity contribution in [1.29, 1.82) is 5.26 Å². The Hall–Kier alpha value is -1.21. The lowest BCUT2D eigenvalue weighted by Gasteiger charge is -2.24. The van der Waals surface area contributed by atoms with Crippen LogP contribution < -0.4 is 0 Å². The van der Waals surface area contributed by atoms with Gasteiger partial charge in [0.1, 0.15) is 0 Å². The van der Waals surface area contributed by atoms with Gasteiger partial charge in [0.05, 0.1) is 17.2 Å². The van der Waals surface area contributed by atoms with Crippen molar-refractivity contribution < 1.29 is 0 Å². The summed E-state index contributed by atoms with van der Waals surface area (Å²) >= 11 is 14.2. The van der Waals surface area contributed by atoms with E-state index in [0.29, 0.717) is 16.0 Å². The molecule has 0 bridgehead atoms. The lowest BCUT2D eigenvalue weighted by atomic mass is 9.93. The molecular weight excluding hydrogens is 347 g/mol. The van der Waals surface area contributed by atoms with Crippen LogP contribution in [0.25, 0.3) is 0 Å². The van der Waals surface area contributed by atoms with Gasteiger partial charge in [-0.25, -0.2) is 0 Å². The molecule has 0 spiro atoms. The van der Waals surface area contributed by atoms with Gasteiger partial charge in [0.15, 0.2) is 0 Å². The van der Waals surface area contributed by atoms with Crippen LogP contribution >= 0.6 is 35.0 Å². The van der Waals surface area contributed by atoms with E-state index >= 15 is 0 Å². The Bertz CT molecular complexity index is 683. The molecule has 2 unspecified atom stereocenters. The van der Waals surface area contributed by atoms with E-state index in [4.69, 9.17) is 23.2 Å². The van der Waals surface area contributed by atoms with E-state index in [1.807, 2.05) is 24.3 Å². The van der Waals surface area contributed by atoms with Gasteiger partial charge in [-0.3, -0.25) is 4.98 Å². The maximum Gasteiger partial charge on any atom is 0.0887 e. The zero-order valence-corrected chi connectivity index (χ0v) is 15.4. The van der Waals surface area contributed by atoms with Crippen LogP contribution in [0.4, 0.5) is 0 Å². The highest BCUT2D eigenvalue weighted by Gasteiger charge is 2.27. The van der Waals surface area contributed by atoms with Gasteiger partial charge in [0, 0.05) is 22.4 Å². The molecule has 1 aromatic heterocycles. The van der Waals surface area contributed by atoms with Crippen molar-refractivity contribution in [2.75, 3.05) is 5.75 Å². The van der Waals surface area contributed by atoms with Gasteiger partial charge >= 0.3 is 0 Å². The molecule has 0 saturated carbocycles. The van der Waals surface area contributed by atoms with Gasteiger partial charge in [-0.1, -0.05) is 49.2 Å². The maximum absolute atomic E-state index is 9.76. The molecule has 23 heavy (non-hydrogen) atoms. The topological polar surface area (TPSA) is 36.7 Å². The number of hydrogen-bond donors (Lipinski definition) is 0. The molecule has 0 fully saturated rings. The Labute approximate surface area is 151 Å². The lowest BCUT2D eigenvalue weighted by molar-refractivity contribution is 0.740. The standard InChI is InChI=1S/C18H18Cl2N2S/c1-12(2)11-23-18(15-6-5-14(19)8-17(15)20)16(9-21)13-4-3-7-22-10-13/h3-8,10,12,16,18H,11H2,1-2H3. The van der Waals surface area contributed by atoms with Crippen molar-refractivity contribution in [3.63, 3.8) is 0 Å². The van der Waals surface area contributed by atoms with Crippen LogP contribution in [0.3, 0.4) is 0 Å². The van der Waals surface area contributed by atoms with E-state index in [0.717, 1.165) is 16.9 Å². The third-order valence-electron chi connectivity index (χ3n) is 3.36. The average molecular weight is 365 g/mol. The third-order valence-corrected chi connectivity index (χ3v) is 5.67. The summed E-state index contributed by atoms with van der Waals surface area (Å²) in [5.74, 6) is 1.16. The Morgan fingerprint density at radius 2 is 2.04 bits per heavy atom. The molecule has 1 heterocycles. The molecule has 0 saturated heterocycles. The largest absolute Gasteiger partial charge is 0.264 e.